The van der Waals surface area contributed by atoms with Crippen LogP contribution >= 0.6 is 15.9 Å². The third kappa shape index (κ3) is 3.08. The number of anilines is 1. The lowest BCUT2D eigenvalue weighted by Crippen LogP contribution is -2.02. The van der Waals surface area contributed by atoms with Gasteiger partial charge in [0.1, 0.15) is 11.5 Å². The molecule has 0 heterocycles. The highest BCUT2D eigenvalue weighted by atomic mass is 79.9. The summed E-state index contributed by atoms with van der Waals surface area (Å²) in [4.78, 5) is 10.1. The van der Waals surface area contributed by atoms with Crippen LogP contribution < -0.4 is 5.73 Å². The molecule has 0 saturated carbocycles. The van der Waals surface area contributed by atoms with Crippen molar-refractivity contribution in [2.24, 2.45) is 0 Å². The lowest BCUT2D eigenvalue weighted by atomic mass is 10.0. The molecular formula is C13H10BrFN2O2. The molecule has 2 N–H and O–H groups in total. The Morgan fingerprint density at radius 2 is 1.89 bits per heavy atom. The quantitative estimate of drug-likeness (QED) is 0.532. The van der Waals surface area contributed by atoms with E-state index in [9.17, 15) is 14.5 Å². The van der Waals surface area contributed by atoms with Crippen molar-refractivity contribution in [1.82, 2.24) is 0 Å². The minimum absolute atomic E-state index is 0.00863. The number of nitrogen functional groups attached to an aromatic ring is 1. The SMILES string of the molecule is Nc1c(Cc2ccc(Br)cc2)cc(F)cc1[N+](=O)[O-]. The molecule has 0 atom stereocenters. The van der Waals surface area contributed by atoms with Gasteiger partial charge in [-0.05, 0) is 35.7 Å². The molecule has 0 unspecified atom stereocenters. The van der Waals surface area contributed by atoms with E-state index < -0.39 is 16.4 Å². The zero-order valence-electron chi connectivity index (χ0n) is 9.77. The Balaban J connectivity index is 2.39. The molecule has 0 radical (unpaired) electrons. The molecule has 0 fully saturated rings. The molecule has 2 aromatic carbocycles. The van der Waals surface area contributed by atoms with Crippen LogP contribution in [0.1, 0.15) is 11.1 Å². The fourth-order valence-corrected chi connectivity index (χ4v) is 2.04. The van der Waals surface area contributed by atoms with E-state index in [-0.39, 0.29) is 5.69 Å². The maximum Gasteiger partial charge on any atom is 0.295 e. The van der Waals surface area contributed by atoms with Gasteiger partial charge in [-0.15, -0.1) is 0 Å². The van der Waals surface area contributed by atoms with Crippen molar-refractivity contribution in [1.29, 1.82) is 0 Å². The zero-order chi connectivity index (χ0) is 14.0. The van der Waals surface area contributed by atoms with E-state index in [1.54, 1.807) is 0 Å². The first-order valence-corrected chi connectivity index (χ1v) is 6.23. The fourth-order valence-electron chi connectivity index (χ4n) is 1.78. The molecule has 0 bridgehead atoms. The van der Waals surface area contributed by atoms with E-state index in [0.29, 0.717) is 12.0 Å². The summed E-state index contributed by atoms with van der Waals surface area (Å²) in [5.41, 5.74) is 6.63. The van der Waals surface area contributed by atoms with Gasteiger partial charge in [0.05, 0.1) is 11.0 Å². The van der Waals surface area contributed by atoms with Gasteiger partial charge in [0, 0.05) is 4.47 Å². The normalized spacial score (nSPS) is 10.4. The summed E-state index contributed by atoms with van der Waals surface area (Å²) in [6.45, 7) is 0. The van der Waals surface area contributed by atoms with E-state index in [1.807, 2.05) is 24.3 Å². The van der Waals surface area contributed by atoms with Crippen LogP contribution in [0.5, 0.6) is 0 Å². The van der Waals surface area contributed by atoms with E-state index in [4.69, 9.17) is 5.73 Å². The molecule has 19 heavy (non-hydrogen) atoms. The van der Waals surface area contributed by atoms with Crippen molar-refractivity contribution < 1.29 is 9.31 Å². The summed E-state index contributed by atoms with van der Waals surface area (Å²) in [7, 11) is 0. The van der Waals surface area contributed by atoms with Crippen LogP contribution in [0, 0.1) is 15.9 Å². The second kappa shape index (κ2) is 5.36. The van der Waals surface area contributed by atoms with Crippen LogP contribution in [0.15, 0.2) is 40.9 Å². The second-order valence-electron chi connectivity index (χ2n) is 4.06. The Morgan fingerprint density at radius 1 is 1.26 bits per heavy atom. The standard InChI is InChI=1S/C13H10BrFN2O2/c14-10-3-1-8(2-4-10)5-9-6-11(15)7-12(13(9)16)17(18)19/h1-4,6-7H,5,16H2. The topological polar surface area (TPSA) is 69.2 Å². The number of nitrogens with zero attached hydrogens (tertiary/aromatic N) is 1. The van der Waals surface area contributed by atoms with Crippen LogP contribution in [0.2, 0.25) is 0 Å². The van der Waals surface area contributed by atoms with E-state index in [0.717, 1.165) is 16.1 Å². The molecule has 0 aliphatic rings. The van der Waals surface area contributed by atoms with Gasteiger partial charge in [-0.3, -0.25) is 10.1 Å². The molecule has 4 nitrogen and oxygen atoms in total. The summed E-state index contributed by atoms with van der Waals surface area (Å²) in [6.07, 6.45) is 0.345. The van der Waals surface area contributed by atoms with Crippen LogP contribution in [0.4, 0.5) is 15.8 Å². The monoisotopic (exact) mass is 324 g/mol. The average molecular weight is 325 g/mol. The Bertz CT molecular complexity index is 629. The van der Waals surface area contributed by atoms with Crippen LogP contribution in [-0.2, 0) is 6.42 Å². The molecule has 0 aliphatic heterocycles. The van der Waals surface area contributed by atoms with Gasteiger partial charge in [0.25, 0.3) is 5.69 Å². The smallest absolute Gasteiger partial charge is 0.295 e. The number of halogens is 2. The molecule has 0 aromatic heterocycles. The van der Waals surface area contributed by atoms with Crippen molar-refractivity contribution in [2.75, 3.05) is 5.73 Å². The van der Waals surface area contributed by atoms with Crippen molar-refractivity contribution in [2.45, 2.75) is 6.42 Å². The number of nitro groups is 1. The van der Waals surface area contributed by atoms with Crippen LogP contribution in [-0.4, -0.2) is 4.92 Å². The average Bonchev–Trinajstić information content (AvgIpc) is 2.35. The lowest BCUT2D eigenvalue weighted by Gasteiger charge is -2.07. The zero-order valence-corrected chi connectivity index (χ0v) is 11.4. The van der Waals surface area contributed by atoms with Gasteiger partial charge in [-0.1, -0.05) is 28.1 Å². The third-order valence-electron chi connectivity index (χ3n) is 2.71. The largest absolute Gasteiger partial charge is 0.393 e. The molecular weight excluding hydrogens is 315 g/mol. The second-order valence-corrected chi connectivity index (χ2v) is 4.97. The summed E-state index contributed by atoms with van der Waals surface area (Å²) < 4.78 is 14.3. The predicted molar refractivity (Wildman–Crippen MR) is 74.4 cm³/mol. The summed E-state index contributed by atoms with van der Waals surface area (Å²) in [5.74, 6) is -0.659. The van der Waals surface area contributed by atoms with Crippen molar-refractivity contribution in [3.8, 4) is 0 Å². The number of benzene rings is 2. The van der Waals surface area contributed by atoms with Gasteiger partial charge in [-0.2, -0.15) is 0 Å². The third-order valence-corrected chi connectivity index (χ3v) is 3.24. The predicted octanol–water partition coefficient (Wildman–Crippen LogP) is 3.67. The highest BCUT2D eigenvalue weighted by molar-refractivity contribution is 9.10. The van der Waals surface area contributed by atoms with Crippen LogP contribution in [0.3, 0.4) is 0 Å². The highest BCUT2D eigenvalue weighted by Gasteiger charge is 2.17. The number of nitro benzene ring substituents is 1. The van der Waals surface area contributed by atoms with Gasteiger partial charge < -0.3 is 5.73 Å². The first kappa shape index (κ1) is 13.5. The van der Waals surface area contributed by atoms with Gasteiger partial charge in [0.15, 0.2) is 0 Å². The van der Waals surface area contributed by atoms with Crippen molar-refractivity contribution in [3.05, 3.63) is 67.9 Å². The summed E-state index contributed by atoms with van der Waals surface area (Å²) >= 11 is 3.31. The Hall–Kier alpha value is -1.95. The molecule has 6 heteroatoms. The number of rotatable bonds is 3. The highest BCUT2D eigenvalue weighted by Crippen LogP contribution is 2.28. The maximum absolute atomic E-state index is 13.4. The molecule has 0 spiro atoms. The fraction of sp³-hybridized carbons (Fsp3) is 0.0769. The minimum atomic E-state index is -0.677. The number of nitrogens with two attached hydrogens (primary N) is 1. The first-order chi connectivity index (χ1) is 8.97. The Labute approximate surface area is 117 Å². The van der Waals surface area contributed by atoms with E-state index in [1.165, 1.54) is 6.07 Å². The van der Waals surface area contributed by atoms with Gasteiger partial charge in [-0.25, -0.2) is 4.39 Å². The van der Waals surface area contributed by atoms with E-state index in [2.05, 4.69) is 15.9 Å². The molecule has 2 rings (SSSR count). The number of hydrogen-bond donors (Lipinski definition) is 1. The van der Waals surface area contributed by atoms with Gasteiger partial charge in [0.2, 0.25) is 0 Å². The van der Waals surface area contributed by atoms with Gasteiger partial charge >= 0.3 is 0 Å². The lowest BCUT2D eigenvalue weighted by molar-refractivity contribution is -0.384. The van der Waals surface area contributed by atoms with Crippen molar-refractivity contribution in [3.63, 3.8) is 0 Å². The summed E-state index contributed by atoms with van der Waals surface area (Å²) in [6, 6.07) is 9.45. The molecule has 2 aromatic rings. The maximum atomic E-state index is 13.4. The van der Waals surface area contributed by atoms with E-state index >= 15 is 0 Å². The van der Waals surface area contributed by atoms with Crippen LogP contribution in [0.25, 0.3) is 0 Å². The molecule has 0 amide bonds. The Kier molecular flexibility index (Phi) is 3.80. The molecule has 98 valence electrons. The minimum Gasteiger partial charge on any atom is -0.393 e. The number of hydrogen-bond acceptors (Lipinski definition) is 3. The summed E-state index contributed by atoms with van der Waals surface area (Å²) in [5, 5.41) is 10.8. The van der Waals surface area contributed by atoms with Crippen molar-refractivity contribution >= 4 is 27.3 Å². The Morgan fingerprint density at radius 3 is 2.47 bits per heavy atom. The molecule has 0 saturated heterocycles. The molecule has 0 aliphatic carbocycles. The first-order valence-electron chi connectivity index (χ1n) is 5.44.